The van der Waals surface area contributed by atoms with Gasteiger partial charge in [0.1, 0.15) is 0 Å². The van der Waals surface area contributed by atoms with E-state index in [-0.39, 0.29) is 18.9 Å². The van der Waals surface area contributed by atoms with Crippen LogP contribution in [0.2, 0.25) is 0 Å². The van der Waals surface area contributed by atoms with Gasteiger partial charge in [-0.3, -0.25) is 4.79 Å². The monoisotopic (exact) mass is 758 g/mol. The molecule has 0 rings (SSSR count). The van der Waals surface area contributed by atoms with Crippen LogP contribution in [0, 0.1) is 0 Å². The fourth-order valence-electron chi connectivity index (χ4n) is 6.99. The Morgan fingerprint density at radius 1 is 0.481 bits per heavy atom. The second-order valence-corrected chi connectivity index (χ2v) is 16.0. The van der Waals surface area contributed by atoms with Gasteiger partial charge in [0.05, 0.1) is 31.3 Å². The van der Waals surface area contributed by atoms with Crippen LogP contribution in [0.15, 0.2) is 48.6 Å². The number of allylic oxidation sites excluding steroid dienone is 7. The van der Waals surface area contributed by atoms with Crippen LogP contribution in [-0.4, -0.2) is 46.1 Å². The van der Waals surface area contributed by atoms with E-state index in [4.69, 9.17) is 0 Å². The quantitative estimate of drug-likeness (QED) is 0.0284. The van der Waals surface area contributed by atoms with Gasteiger partial charge in [0, 0.05) is 0 Å². The Kier molecular flexibility index (Phi) is 42.7. The van der Waals surface area contributed by atoms with Gasteiger partial charge in [-0.2, -0.15) is 0 Å². The standard InChI is InChI=1S/C49H91NO4/c1-3-5-7-9-11-13-15-17-19-21-22-23-24-25-27-29-31-33-35-37-39-41-43-48(53)47(45-51)50-49(54)44-46(52)42-40-38-36-34-32-30-28-26-20-18-16-14-12-10-8-6-4-2/h12,14,16,18,33,35,41,43,46-48,51-53H,3-11,13,15,17,19-32,34,36-40,42,44-45H2,1-2H3,(H,50,54)/b14-12-,18-16-,35-33+,43-41+. The van der Waals surface area contributed by atoms with Crippen molar-refractivity contribution in [2.24, 2.45) is 0 Å². The minimum absolute atomic E-state index is 0.000223. The second kappa shape index (κ2) is 44.0. The summed E-state index contributed by atoms with van der Waals surface area (Å²) in [7, 11) is 0. The first kappa shape index (κ1) is 52.3. The summed E-state index contributed by atoms with van der Waals surface area (Å²) in [5.41, 5.74) is 0. The normalized spacial score (nSPS) is 13.9. The highest BCUT2D eigenvalue weighted by atomic mass is 16.3. The number of unbranched alkanes of at least 4 members (excludes halogenated alkanes) is 28. The smallest absolute Gasteiger partial charge is 0.222 e. The lowest BCUT2D eigenvalue weighted by molar-refractivity contribution is -0.124. The SMILES string of the molecule is CCCCC/C=C\C=C/CCCCCCCCCCC(O)CC(=O)NC(CO)C(O)/C=C/CC/C=C/CCCCCCCCCCCCCCCCCC. The largest absolute Gasteiger partial charge is 0.394 e. The summed E-state index contributed by atoms with van der Waals surface area (Å²) in [6.07, 6.45) is 56.9. The fraction of sp³-hybridized carbons (Fsp3) is 0.816. The molecular weight excluding hydrogens is 667 g/mol. The molecule has 0 aromatic heterocycles. The minimum Gasteiger partial charge on any atom is -0.394 e. The molecule has 0 aliphatic heterocycles. The van der Waals surface area contributed by atoms with Crippen molar-refractivity contribution in [1.82, 2.24) is 5.32 Å². The molecule has 4 N–H and O–H groups in total. The average Bonchev–Trinajstić information content (AvgIpc) is 3.16. The molecule has 0 bridgehead atoms. The third-order valence-corrected chi connectivity index (χ3v) is 10.6. The molecule has 54 heavy (non-hydrogen) atoms. The number of aliphatic hydroxyl groups is 3. The summed E-state index contributed by atoms with van der Waals surface area (Å²) in [5.74, 6) is -0.330. The van der Waals surface area contributed by atoms with Crippen LogP contribution in [0.4, 0.5) is 0 Å². The van der Waals surface area contributed by atoms with Crippen molar-refractivity contribution in [3.8, 4) is 0 Å². The van der Waals surface area contributed by atoms with Crippen LogP contribution in [0.3, 0.4) is 0 Å². The van der Waals surface area contributed by atoms with Gasteiger partial charge < -0.3 is 20.6 Å². The molecule has 0 heterocycles. The zero-order valence-electron chi connectivity index (χ0n) is 35.8. The zero-order chi connectivity index (χ0) is 39.4. The van der Waals surface area contributed by atoms with Crippen LogP contribution >= 0.6 is 0 Å². The van der Waals surface area contributed by atoms with Crippen molar-refractivity contribution in [3.05, 3.63) is 48.6 Å². The molecule has 5 heteroatoms. The highest BCUT2D eigenvalue weighted by molar-refractivity contribution is 5.76. The number of carbonyl (C=O) groups is 1. The predicted octanol–water partition coefficient (Wildman–Crippen LogP) is 13.7. The molecule has 1 amide bonds. The molecule has 0 aromatic rings. The Morgan fingerprint density at radius 2 is 0.852 bits per heavy atom. The van der Waals surface area contributed by atoms with E-state index < -0.39 is 18.2 Å². The summed E-state index contributed by atoms with van der Waals surface area (Å²) in [6.45, 7) is 4.18. The molecule has 316 valence electrons. The van der Waals surface area contributed by atoms with Crippen molar-refractivity contribution in [3.63, 3.8) is 0 Å². The predicted molar refractivity (Wildman–Crippen MR) is 236 cm³/mol. The Hall–Kier alpha value is -1.69. The Morgan fingerprint density at radius 3 is 1.33 bits per heavy atom. The van der Waals surface area contributed by atoms with Crippen molar-refractivity contribution < 1.29 is 20.1 Å². The van der Waals surface area contributed by atoms with Gasteiger partial charge in [0.25, 0.3) is 0 Å². The maximum Gasteiger partial charge on any atom is 0.222 e. The molecule has 0 spiro atoms. The van der Waals surface area contributed by atoms with Crippen LogP contribution in [0.1, 0.15) is 232 Å². The van der Waals surface area contributed by atoms with Crippen LogP contribution in [-0.2, 0) is 4.79 Å². The molecule has 3 atom stereocenters. The lowest BCUT2D eigenvalue weighted by Gasteiger charge is -2.21. The molecule has 5 nitrogen and oxygen atoms in total. The van der Waals surface area contributed by atoms with Crippen LogP contribution < -0.4 is 5.32 Å². The van der Waals surface area contributed by atoms with E-state index in [2.05, 4.69) is 55.6 Å². The molecule has 0 aromatic carbocycles. The lowest BCUT2D eigenvalue weighted by atomic mass is 10.0. The van der Waals surface area contributed by atoms with Gasteiger partial charge in [-0.05, 0) is 57.8 Å². The van der Waals surface area contributed by atoms with Gasteiger partial charge in [0.2, 0.25) is 5.91 Å². The zero-order valence-corrected chi connectivity index (χ0v) is 35.8. The van der Waals surface area contributed by atoms with E-state index in [1.165, 1.54) is 167 Å². The van der Waals surface area contributed by atoms with Gasteiger partial charge in [0.15, 0.2) is 0 Å². The van der Waals surface area contributed by atoms with E-state index in [0.29, 0.717) is 6.42 Å². The molecule has 3 unspecified atom stereocenters. The Labute approximate surface area is 336 Å². The van der Waals surface area contributed by atoms with E-state index in [0.717, 1.165) is 38.5 Å². The maximum atomic E-state index is 12.4. The summed E-state index contributed by atoms with van der Waals surface area (Å²) in [5, 5.41) is 33.3. The number of carbonyl (C=O) groups excluding carboxylic acids is 1. The highest BCUT2D eigenvalue weighted by Gasteiger charge is 2.20. The molecule has 0 aliphatic rings. The topological polar surface area (TPSA) is 89.8 Å². The first-order valence-electron chi connectivity index (χ1n) is 23.4. The summed E-state index contributed by atoms with van der Waals surface area (Å²) in [4.78, 5) is 12.4. The number of aliphatic hydroxyl groups excluding tert-OH is 3. The third-order valence-electron chi connectivity index (χ3n) is 10.6. The summed E-state index contributed by atoms with van der Waals surface area (Å²) >= 11 is 0. The summed E-state index contributed by atoms with van der Waals surface area (Å²) in [6, 6.07) is -0.764. The number of hydrogen-bond donors (Lipinski definition) is 4. The third kappa shape index (κ3) is 40.0. The van der Waals surface area contributed by atoms with Gasteiger partial charge in [-0.15, -0.1) is 0 Å². The second-order valence-electron chi connectivity index (χ2n) is 16.0. The first-order chi connectivity index (χ1) is 26.5. The number of rotatable bonds is 42. The number of hydrogen-bond acceptors (Lipinski definition) is 4. The fourth-order valence-corrected chi connectivity index (χ4v) is 6.99. The lowest BCUT2D eigenvalue weighted by Crippen LogP contribution is -2.45. The van der Waals surface area contributed by atoms with Crippen molar-refractivity contribution in [1.29, 1.82) is 0 Å². The van der Waals surface area contributed by atoms with E-state index in [9.17, 15) is 20.1 Å². The molecule has 0 radical (unpaired) electrons. The van der Waals surface area contributed by atoms with Gasteiger partial charge in [-0.25, -0.2) is 0 Å². The van der Waals surface area contributed by atoms with Crippen LogP contribution in [0.25, 0.3) is 0 Å². The minimum atomic E-state index is -0.955. The summed E-state index contributed by atoms with van der Waals surface area (Å²) < 4.78 is 0. The molecule has 0 fully saturated rings. The van der Waals surface area contributed by atoms with Crippen molar-refractivity contribution >= 4 is 5.91 Å². The van der Waals surface area contributed by atoms with E-state index in [1.807, 2.05) is 6.08 Å². The number of amides is 1. The first-order valence-corrected chi connectivity index (χ1v) is 23.4. The molecular formula is C49H91NO4. The molecule has 0 saturated heterocycles. The molecule has 0 saturated carbocycles. The van der Waals surface area contributed by atoms with Crippen LogP contribution in [0.5, 0.6) is 0 Å². The highest BCUT2D eigenvalue weighted by Crippen LogP contribution is 2.15. The van der Waals surface area contributed by atoms with E-state index in [1.54, 1.807) is 6.08 Å². The van der Waals surface area contributed by atoms with Gasteiger partial charge >= 0.3 is 0 Å². The van der Waals surface area contributed by atoms with E-state index >= 15 is 0 Å². The maximum absolute atomic E-state index is 12.4. The Balaban J connectivity index is 3.70. The average molecular weight is 758 g/mol. The molecule has 0 aliphatic carbocycles. The number of nitrogens with one attached hydrogen (secondary N) is 1. The Bertz CT molecular complexity index is 881. The van der Waals surface area contributed by atoms with Gasteiger partial charge in [-0.1, -0.05) is 217 Å². The van der Waals surface area contributed by atoms with Crippen molar-refractivity contribution in [2.75, 3.05) is 6.61 Å². The van der Waals surface area contributed by atoms with Crippen molar-refractivity contribution in [2.45, 2.75) is 250 Å².